The Bertz CT molecular complexity index is 392. The fraction of sp³-hybridized carbons (Fsp3) is 0.500. The molecule has 1 N–H and O–H groups in total. The van der Waals surface area contributed by atoms with Crippen molar-refractivity contribution in [2.75, 3.05) is 7.05 Å². The Morgan fingerprint density at radius 1 is 1.33 bits per heavy atom. The van der Waals surface area contributed by atoms with Crippen molar-refractivity contribution in [2.24, 2.45) is 0 Å². The highest BCUT2D eigenvalue weighted by Crippen LogP contribution is 2.24. The zero-order chi connectivity index (χ0) is 13.8. The Morgan fingerprint density at radius 3 is 2.56 bits per heavy atom. The van der Waals surface area contributed by atoms with E-state index in [9.17, 15) is 17.6 Å². The molecule has 0 aliphatic carbocycles. The summed E-state index contributed by atoms with van der Waals surface area (Å²) < 4.78 is 49.8. The zero-order valence-electron chi connectivity index (χ0n) is 9.82. The lowest BCUT2D eigenvalue weighted by Gasteiger charge is -2.17. The first-order chi connectivity index (χ1) is 8.31. The van der Waals surface area contributed by atoms with Crippen molar-refractivity contribution in [3.05, 3.63) is 34.6 Å². The summed E-state index contributed by atoms with van der Waals surface area (Å²) in [5.74, 6) is -0.452. The molecule has 1 rings (SSSR count). The van der Waals surface area contributed by atoms with Crippen LogP contribution in [0.1, 0.15) is 18.4 Å². The normalized spacial score (nSPS) is 13.7. The molecule has 0 aromatic heterocycles. The van der Waals surface area contributed by atoms with Gasteiger partial charge in [-0.1, -0.05) is 11.6 Å². The van der Waals surface area contributed by atoms with E-state index in [-0.39, 0.29) is 12.8 Å². The number of benzene rings is 1. The highest BCUT2D eigenvalue weighted by atomic mass is 35.5. The van der Waals surface area contributed by atoms with Crippen LogP contribution in [0, 0.1) is 5.82 Å². The van der Waals surface area contributed by atoms with Gasteiger partial charge in [0.25, 0.3) is 0 Å². The van der Waals surface area contributed by atoms with Crippen LogP contribution < -0.4 is 5.32 Å². The minimum Gasteiger partial charge on any atom is -0.317 e. The SMILES string of the molecule is CNC(CCC(F)(F)F)Cc1cc(Cl)ccc1F. The number of nitrogens with one attached hydrogen (secondary N) is 1. The molecule has 0 saturated carbocycles. The van der Waals surface area contributed by atoms with Gasteiger partial charge in [0.05, 0.1) is 0 Å². The van der Waals surface area contributed by atoms with Gasteiger partial charge in [-0.2, -0.15) is 13.2 Å². The molecular formula is C12H14ClF4N. The lowest BCUT2D eigenvalue weighted by molar-refractivity contribution is -0.136. The highest BCUT2D eigenvalue weighted by molar-refractivity contribution is 6.30. The maximum absolute atomic E-state index is 13.4. The molecule has 0 heterocycles. The topological polar surface area (TPSA) is 12.0 Å². The summed E-state index contributed by atoms with van der Waals surface area (Å²) in [6.07, 6.45) is -4.99. The number of hydrogen-bond donors (Lipinski definition) is 1. The molecule has 1 aromatic carbocycles. The predicted molar refractivity (Wildman–Crippen MR) is 63.3 cm³/mol. The summed E-state index contributed by atoms with van der Waals surface area (Å²) in [6, 6.07) is 3.63. The van der Waals surface area contributed by atoms with E-state index in [1.54, 1.807) is 7.05 Å². The highest BCUT2D eigenvalue weighted by Gasteiger charge is 2.28. The van der Waals surface area contributed by atoms with E-state index in [0.717, 1.165) is 0 Å². The van der Waals surface area contributed by atoms with Crippen molar-refractivity contribution < 1.29 is 17.6 Å². The Morgan fingerprint density at radius 2 is 2.00 bits per heavy atom. The molecule has 0 bridgehead atoms. The molecule has 0 aliphatic rings. The van der Waals surface area contributed by atoms with Crippen molar-refractivity contribution in [3.63, 3.8) is 0 Å². The molecule has 0 saturated heterocycles. The molecule has 0 fully saturated rings. The van der Waals surface area contributed by atoms with Crippen molar-refractivity contribution in [1.29, 1.82) is 0 Å². The Balaban J connectivity index is 2.65. The fourth-order valence-electron chi connectivity index (χ4n) is 1.65. The van der Waals surface area contributed by atoms with Crippen LogP contribution in [-0.2, 0) is 6.42 Å². The summed E-state index contributed by atoms with van der Waals surface area (Å²) >= 11 is 5.73. The summed E-state index contributed by atoms with van der Waals surface area (Å²) in [5, 5.41) is 3.13. The Labute approximate surface area is 108 Å². The number of likely N-dealkylation sites (N-methyl/N-ethyl adjacent to an activating group) is 1. The number of halogens is 5. The third-order valence-electron chi connectivity index (χ3n) is 2.66. The second-order valence-electron chi connectivity index (χ2n) is 4.08. The lowest BCUT2D eigenvalue weighted by Crippen LogP contribution is -2.29. The summed E-state index contributed by atoms with van der Waals surface area (Å²) in [4.78, 5) is 0. The van der Waals surface area contributed by atoms with E-state index in [0.29, 0.717) is 10.6 Å². The van der Waals surface area contributed by atoms with Gasteiger partial charge in [0, 0.05) is 17.5 Å². The van der Waals surface area contributed by atoms with Crippen LogP contribution in [-0.4, -0.2) is 19.3 Å². The molecule has 102 valence electrons. The second kappa shape index (κ2) is 6.38. The molecule has 1 nitrogen and oxygen atoms in total. The van der Waals surface area contributed by atoms with Crippen molar-refractivity contribution in [3.8, 4) is 0 Å². The van der Waals surface area contributed by atoms with Gasteiger partial charge in [0.2, 0.25) is 0 Å². The van der Waals surface area contributed by atoms with Gasteiger partial charge in [0.1, 0.15) is 5.82 Å². The molecule has 0 aliphatic heterocycles. The smallest absolute Gasteiger partial charge is 0.317 e. The fourth-order valence-corrected chi connectivity index (χ4v) is 1.85. The van der Waals surface area contributed by atoms with Gasteiger partial charge >= 0.3 is 6.18 Å². The van der Waals surface area contributed by atoms with Crippen LogP contribution >= 0.6 is 11.6 Å². The molecule has 0 amide bonds. The molecule has 18 heavy (non-hydrogen) atoms. The molecule has 1 unspecified atom stereocenters. The molecule has 0 radical (unpaired) electrons. The standard InChI is InChI=1S/C12H14ClF4N/c1-18-10(4-5-12(15,16)17)7-8-6-9(13)2-3-11(8)14/h2-3,6,10,18H,4-5,7H2,1H3. The molecular weight excluding hydrogens is 270 g/mol. The molecule has 0 spiro atoms. The summed E-state index contributed by atoms with van der Waals surface area (Å²) in [7, 11) is 1.56. The van der Waals surface area contributed by atoms with Crippen LogP contribution in [0.3, 0.4) is 0 Å². The van der Waals surface area contributed by atoms with E-state index in [1.165, 1.54) is 18.2 Å². The van der Waals surface area contributed by atoms with Gasteiger partial charge in [-0.25, -0.2) is 4.39 Å². The first kappa shape index (κ1) is 15.2. The van der Waals surface area contributed by atoms with Crippen molar-refractivity contribution >= 4 is 11.6 Å². The van der Waals surface area contributed by atoms with Gasteiger partial charge in [-0.05, 0) is 43.7 Å². The second-order valence-corrected chi connectivity index (χ2v) is 4.52. The third kappa shape index (κ3) is 5.23. The maximum Gasteiger partial charge on any atom is 0.389 e. The number of rotatable bonds is 5. The van der Waals surface area contributed by atoms with Gasteiger partial charge in [0.15, 0.2) is 0 Å². The maximum atomic E-state index is 13.4. The van der Waals surface area contributed by atoms with Crippen LogP contribution in [0.25, 0.3) is 0 Å². The largest absolute Gasteiger partial charge is 0.389 e. The quantitative estimate of drug-likeness (QED) is 0.807. The van der Waals surface area contributed by atoms with Crippen LogP contribution in [0.5, 0.6) is 0 Å². The van der Waals surface area contributed by atoms with E-state index >= 15 is 0 Å². The van der Waals surface area contributed by atoms with Crippen LogP contribution in [0.2, 0.25) is 5.02 Å². The van der Waals surface area contributed by atoms with E-state index < -0.39 is 24.5 Å². The van der Waals surface area contributed by atoms with Gasteiger partial charge < -0.3 is 5.32 Å². The number of hydrogen-bond acceptors (Lipinski definition) is 1. The zero-order valence-corrected chi connectivity index (χ0v) is 10.6. The average Bonchev–Trinajstić information content (AvgIpc) is 2.27. The molecule has 6 heteroatoms. The average molecular weight is 284 g/mol. The first-order valence-electron chi connectivity index (χ1n) is 5.50. The monoisotopic (exact) mass is 283 g/mol. The molecule has 1 atom stereocenters. The van der Waals surface area contributed by atoms with Crippen LogP contribution in [0.15, 0.2) is 18.2 Å². The molecule has 1 aromatic rings. The minimum absolute atomic E-state index is 0.0913. The van der Waals surface area contributed by atoms with Crippen molar-refractivity contribution in [2.45, 2.75) is 31.5 Å². The third-order valence-corrected chi connectivity index (χ3v) is 2.89. The lowest BCUT2D eigenvalue weighted by atomic mass is 10.0. The van der Waals surface area contributed by atoms with Gasteiger partial charge in [-0.3, -0.25) is 0 Å². The van der Waals surface area contributed by atoms with E-state index in [1.807, 2.05) is 0 Å². The summed E-state index contributed by atoms with van der Waals surface area (Å²) in [6.45, 7) is 0. The van der Waals surface area contributed by atoms with Gasteiger partial charge in [-0.15, -0.1) is 0 Å². The first-order valence-corrected chi connectivity index (χ1v) is 5.87. The Hall–Kier alpha value is -0.810. The predicted octanol–water partition coefficient (Wildman–Crippen LogP) is 3.95. The number of alkyl halides is 3. The van der Waals surface area contributed by atoms with E-state index in [4.69, 9.17) is 11.6 Å². The Kier molecular flexibility index (Phi) is 5.41. The minimum atomic E-state index is -4.19. The van der Waals surface area contributed by atoms with Crippen molar-refractivity contribution in [1.82, 2.24) is 5.32 Å². The summed E-state index contributed by atoms with van der Waals surface area (Å²) in [5.41, 5.74) is 0.323. The van der Waals surface area contributed by atoms with Crippen LogP contribution in [0.4, 0.5) is 17.6 Å². The van der Waals surface area contributed by atoms with E-state index in [2.05, 4.69) is 5.32 Å².